The van der Waals surface area contributed by atoms with E-state index in [4.69, 9.17) is 0 Å². The van der Waals surface area contributed by atoms with Gasteiger partial charge in [0.15, 0.2) is 5.69 Å². The van der Waals surface area contributed by atoms with E-state index < -0.39 is 5.91 Å². The molecule has 1 aromatic heterocycles. The number of benzene rings is 1. The number of nitrogens with one attached hydrogen (secondary N) is 2. The smallest absolute Gasteiger partial charge is 0.268 e. The number of carbonyl (C=O) groups excluding carboxylic acids is 1. The molecule has 1 heterocycles. The third-order valence-electron chi connectivity index (χ3n) is 2.71. The van der Waals surface area contributed by atoms with Crippen molar-refractivity contribution in [2.75, 3.05) is 0 Å². The van der Waals surface area contributed by atoms with Crippen LogP contribution in [0.4, 0.5) is 0 Å². The van der Waals surface area contributed by atoms with E-state index in [1.807, 2.05) is 31.2 Å². The van der Waals surface area contributed by atoms with E-state index in [0.717, 1.165) is 11.1 Å². The number of H-pyrrole nitrogens is 1. The topological polar surface area (TPSA) is 87.2 Å². The van der Waals surface area contributed by atoms with Gasteiger partial charge in [-0.3, -0.25) is 9.59 Å². The summed E-state index contributed by atoms with van der Waals surface area (Å²) in [5.41, 5.74) is 4.90. The zero-order valence-electron chi connectivity index (χ0n) is 11.2. The van der Waals surface area contributed by atoms with Crippen LogP contribution in [0.5, 0.6) is 0 Å². The Labute approximate surface area is 115 Å². The highest BCUT2D eigenvalue weighted by atomic mass is 16.2. The van der Waals surface area contributed by atoms with E-state index in [0.29, 0.717) is 5.71 Å². The molecule has 0 bridgehead atoms. The van der Waals surface area contributed by atoms with Crippen LogP contribution in [0.15, 0.2) is 46.3 Å². The second kappa shape index (κ2) is 5.92. The monoisotopic (exact) mass is 270 g/mol. The number of hydrogen-bond acceptors (Lipinski definition) is 4. The number of aryl methyl sites for hydroxylation is 1. The van der Waals surface area contributed by atoms with Gasteiger partial charge in [-0.2, -0.15) is 10.2 Å². The van der Waals surface area contributed by atoms with Crippen LogP contribution in [0.2, 0.25) is 0 Å². The van der Waals surface area contributed by atoms with E-state index in [-0.39, 0.29) is 11.3 Å². The molecule has 0 aliphatic rings. The van der Waals surface area contributed by atoms with Crippen LogP contribution in [-0.2, 0) is 0 Å². The maximum Gasteiger partial charge on any atom is 0.291 e. The molecule has 0 aliphatic heterocycles. The Morgan fingerprint density at radius 2 is 1.90 bits per heavy atom. The summed E-state index contributed by atoms with van der Waals surface area (Å²) in [6.07, 6.45) is 0. The lowest BCUT2D eigenvalue weighted by molar-refractivity contribution is 0.0948. The molecule has 0 unspecified atom stereocenters. The number of aromatic amines is 1. The Balaban J connectivity index is 2.08. The molecule has 0 spiro atoms. The van der Waals surface area contributed by atoms with Crippen LogP contribution in [-0.4, -0.2) is 21.8 Å². The molecule has 2 aromatic rings. The Bertz CT molecular complexity index is 681. The van der Waals surface area contributed by atoms with Crippen LogP contribution in [0.3, 0.4) is 0 Å². The third-order valence-corrected chi connectivity index (χ3v) is 2.71. The van der Waals surface area contributed by atoms with Crippen LogP contribution < -0.4 is 11.0 Å². The molecule has 0 atom stereocenters. The van der Waals surface area contributed by atoms with Gasteiger partial charge in [-0.1, -0.05) is 29.8 Å². The molecular weight excluding hydrogens is 256 g/mol. The molecule has 6 heteroatoms. The third kappa shape index (κ3) is 3.38. The predicted molar refractivity (Wildman–Crippen MR) is 75.7 cm³/mol. The van der Waals surface area contributed by atoms with Gasteiger partial charge in [0.1, 0.15) is 0 Å². The predicted octanol–water partition coefficient (Wildman–Crippen LogP) is 1.23. The average molecular weight is 270 g/mol. The van der Waals surface area contributed by atoms with Gasteiger partial charge in [0.25, 0.3) is 11.5 Å². The molecule has 0 saturated heterocycles. The van der Waals surface area contributed by atoms with E-state index >= 15 is 0 Å². The van der Waals surface area contributed by atoms with Gasteiger partial charge in [0, 0.05) is 6.07 Å². The highest BCUT2D eigenvalue weighted by molar-refractivity contribution is 6.00. The normalized spacial score (nSPS) is 11.2. The molecule has 1 amide bonds. The van der Waals surface area contributed by atoms with Crippen LogP contribution in [0, 0.1) is 6.92 Å². The fraction of sp³-hybridized carbons (Fsp3) is 0.143. The van der Waals surface area contributed by atoms with Crippen LogP contribution in [0.25, 0.3) is 0 Å². The van der Waals surface area contributed by atoms with Crippen molar-refractivity contribution in [3.8, 4) is 0 Å². The summed E-state index contributed by atoms with van der Waals surface area (Å²) in [4.78, 5) is 22.6. The zero-order chi connectivity index (χ0) is 14.5. The van der Waals surface area contributed by atoms with E-state index in [1.54, 1.807) is 6.92 Å². The maximum absolute atomic E-state index is 11.7. The minimum absolute atomic E-state index is 0.102. The minimum atomic E-state index is -0.479. The summed E-state index contributed by atoms with van der Waals surface area (Å²) >= 11 is 0. The zero-order valence-corrected chi connectivity index (χ0v) is 11.2. The number of rotatable bonds is 3. The highest BCUT2D eigenvalue weighted by Gasteiger charge is 2.06. The van der Waals surface area contributed by atoms with Gasteiger partial charge in [-0.15, -0.1) is 0 Å². The molecular formula is C14H14N4O2. The number of aromatic nitrogens is 2. The van der Waals surface area contributed by atoms with Gasteiger partial charge >= 0.3 is 0 Å². The summed E-state index contributed by atoms with van der Waals surface area (Å²) in [6.45, 7) is 3.80. The number of amides is 1. The lowest BCUT2D eigenvalue weighted by Crippen LogP contribution is -2.22. The van der Waals surface area contributed by atoms with Crippen molar-refractivity contribution in [2.24, 2.45) is 5.10 Å². The lowest BCUT2D eigenvalue weighted by Gasteiger charge is -2.02. The fourth-order valence-electron chi connectivity index (χ4n) is 1.52. The standard InChI is InChI=1S/C14H14N4O2/c1-9-3-5-11(6-4-9)10(2)15-18-14(20)12-7-8-13(19)17-16-12/h3-8H,1-2H3,(H,17,19)(H,18,20)/b15-10-. The SMILES string of the molecule is C/C(=N/NC(=O)c1ccc(=O)[nH]n1)c1ccc(C)cc1. The number of carbonyl (C=O) groups is 1. The largest absolute Gasteiger partial charge is 0.291 e. The Morgan fingerprint density at radius 3 is 2.50 bits per heavy atom. The quantitative estimate of drug-likeness (QED) is 0.649. The summed E-state index contributed by atoms with van der Waals surface area (Å²) in [6, 6.07) is 10.4. The lowest BCUT2D eigenvalue weighted by atomic mass is 10.1. The van der Waals surface area contributed by atoms with Crippen LogP contribution in [0.1, 0.15) is 28.5 Å². The summed E-state index contributed by atoms with van der Waals surface area (Å²) in [5, 5.41) is 9.82. The first-order chi connectivity index (χ1) is 9.56. The van der Waals surface area contributed by atoms with Crippen molar-refractivity contribution in [2.45, 2.75) is 13.8 Å². The van der Waals surface area contributed by atoms with Gasteiger partial charge in [0.05, 0.1) is 5.71 Å². The number of nitrogens with zero attached hydrogens (tertiary/aromatic N) is 2. The van der Waals surface area contributed by atoms with Crippen LogP contribution >= 0.6 is 0 Å². The molecule has 0 radical (unpaired) electrons. The van der Waals surface area contributed by atoms with E-state index in [1.165, 1.54) is 12.1 Å². The van der Waals surface area contributed by atoms with Crippen molar-refractivity contribution < 1.29 is 4.79 Å². The average Bonchev–Trinajstić information content (AvgIpc) is 2.46. The first-order valence-electron chi connectivity index (χ1n) is 6.03. The van der Waals surface area contributed by atoms with Gasteiger partial charge in [-0.25, -0.2) is 10.5 Å². The molecule has 0 aliphatic carbocycles. The second-order valence-electron chi connectivity index (χ2n) is 4.31. The molecule has 20 heavy (non-hydrogen) atoms. The van der Waals surface area contributed by atoms with Gasteiger partial charge in [-0.05, 0) is 25.5 Å². The van der Waals surface area contributed by atoms with E-state index in [2.05, 4.69) is 20.7 Å². The van der Waals surface area contributed by atoms with Crippen molar-refractivity contribution in [1.29, 1.82) is 0 Å². The number of hydrazone groups is 1. The summed E-state index contributed by atoms with van der Waals surface area (Å²) in [5.74, 6) is -0.479. The first kappa shape index (κ1) is 13.7. The first-order valence-corrected chi connectivity index (χ1v) is 6.03. The molecule has 2 N–H and O–H groups in total. The minimum Gasteiger partial charge on any atom is -0.268 e. The highest BCUT2D eigenvalue weighted by Crippen LogP contribution is 2.04. The fourth-order valence-corrected chi connectivity index (χ4v) is 1.52. The van der Waals surface area contributed by atoms with Gasteiger partial charge in [0.2, 0.25) is 0 Å². The maximum atomic E-state index is 11.7. The van der Waals surface area contributed by atoms with Crippen molar-refractivity contribution >= 4 is 11.6 Å². The molecule has 0 fully saturated rings. The Hall–Kier alpha value is -2.76. The van der Waals surface area contributed by atoms with Crippen molar-refractivity contribution in [1.82, 2.24) is 15.6 Å². The van der Waals surface area contributed by atoms with E-state index in [9.17, 15) is 9.59 Å². The molecule has 6 nitrogen and oxygen atoms in total. The van der Waals surface area contributed by atoms with Crippen molar-refractivity contribution in [3.63, 3.8) is 0 Å². The second-order valence-corrected chi connectivity index (χ2v) is 4.31. The molecule has 0 saturated carbocycles. The Kier molecular flexibility index (Phi) is 4.05. The number of hydrogen-bond donors (Lipinski definition) is 2. The molecule has 2 rings (SSSR count). The summed E-state index contributed by atoms with van der Waals surface area (Å²) < 4.78 is 0. The van der Waals surface area contributed by atoms with Gasteiger partial charge < -0.3 is 0 Å². The molecule has 102 valence electrons. The van der Waals surface area contributed by atoms with Crippen molar-refractivity contribution in [3.05, 3.63) is 63.6 Å². The molecule has 1 aromatic carbocycles. The Morgan fingerprint density at radius 1 is 1.20 bits per heavy atom. The summed E-state index contributed by atoms with van der Waals surface area (Å²) in [7, 11) is 0.